The Hall–Kier alpha value is -1.75. The monoisotopic (exact) mass is 304 g/mol. The Labute approximate surface area is 127 Å². The predicted molar refractivity (Wildman–Crippen MR) is 80.5 cm³/mol. The fraction of sp³-hybridized carbons (Fsp3) is 0.375. The highest BCUT2D eigenvalue weighted by Gasteiger charge is 2.32. The van der Waals surface area contributed by atoms with Gasteiger partial charge in [-0.25, -0.2) is 9.37 Å². The Morgan fingerprint density at radius 1 is 1.38 bits per heavy atom. The number of benzene rings is 1. The lowest BCUT2D eigenvalue weighted by atomic mass is 10.2. The number of rotatable bonds is 5. The molecular formula is C16H17FN2OS. The third kappa shape index (κ3) is 3.67. The molecule has 0 unspecified atom stereocenters. The van der Waals surface area contributed by atoms with Gasteiger partial charge in [0.25, 0.3) is 0 Å². The summed E-state index contributed by atoms with van der Waals surface area (Å²) in [5.74, 6) is -0.145. The Balaban J connectivity index is 1.69. The number of carbonyl (C=O) groups excluding carboxylic acids is 1. The smallest absolute Gasteiger partial charge is 0.229 e. The summed E-state index contributed by atoms with van der Waals surface area (Å²) < 4.78 is 13.0. The third-order valence-electron chi connectivity index (χ3n) is 3.57. The molecule has 0 bridgehead atoms. The minimum atomic E-state index is -0.249. The zero-order valence-electron chi connectivity index (χ0n) is 11.9. The second-order valence-corrected chi connectivity index (χ2v) is 6.48. The average molecular weight is 304 g/mol. The molecule has 110 valence electrons. The van der Waals surface area contributed by atoms with Crippen LogP contribution in [0, 0.1) is 12.7 Å². The van der Waals surface area contributed by atoms with Gasteiger partial charge in [-0.1, -0.05) is 12.1 Å². The molecule has 0 atom stereocenters. The van der Waals surface area contributed by atoms with Gasteiger partial charge in [-0.15, -0.1) is 11.3 Å². The lowest BCUT2D eigenvalue weighted by Gasteiger charge is -2.22. The van der Waals surface area contributed by atoms with E-state index in [1.54, 1.807) is 23.5 Å². The number of thiazole rings is 1. The Kier molecular flexibility index (Phi) is 4.01. The van der Waals surface area contributed by atoms with Crippen LogP contribution in [0.1, 0.15) is 29.1 Å². The number of aryl methyl sites for hydroxylation is 1. The molecule has 1 fully saturated rings. The molecule has 5 heteroatoms. The molecule has 0 radical (unpaired) electrons. The predicted octanol–water partition coefficient (Wildman–Crippen LogP) is 3.32. The maximum atomic E-state index is 13.0. The van der Waals surface area contributed by atoms with Gasteiger partial charge >= 0.3 is 0 Å². The number of hydrogen-bond donors (Lipinski definition) is 0. The zero-order chi connectivity index (χ0) is 14.8. The van der Waals surface area contributed by atoms with E-state index in [0.717, 1.165) is 29.1 Å². The molecule has 3 rings (SSSR count). The molecule has 3 nitrogen and oxygen atoms in total. The van der Waals surface area contributed by atoms with Gasteiger partial charge in [0.05, 0.1) is 17.1 Å². The van der Waals surface area contributed by atoms with Gasteiger partial charge in [-0.3, -0.25) is 4.79 Å². The van der Waals surface area contributed by atoms with Gasteiger partial charge in [-0.05, 0) is 37.5 Å². The van der Waals surface area contributed by atoms with Crippen LogP contribution in [0.3, 0.4) is 0 Å². The summed E-state index contributed by atoms with van der Waals surface area (Å²) in [6.45, 7) is 2.49. The first-order valence-corrected chi connectivity index (χ1v) is 7.95. The molecule has 1 amide bonds. The molecule has 0 spiro atoms. The van der Waals surface area contributed by atoms with Crippen LogP contribution in [0.5, 0.6) is 0 Å². The van der Waals surface area contributed by atoms with Crippen LogP contribution in [0.4, 0.5) is 4.39 Å². The molecular weight excluding hydrogens is 287 g/mol. The Bertz CT molecular complexity index is 634. The molecule has 1 aliphatic rings. The van der Waals surface area contributed by atoms with Crippen molar-refractivity contribution in [1.82, 2.24) is 9.88 Å². The van der Waals surface area contributed by atoms with Crippen molar-refractivity contribution in [3.05, 3.63) is 51.7 Å². The van der Waals surface area contributed by atoms with E-state index in [1.807, 2.05) is 17.2 Å². The highest BCUT2D eigenvalue weighted by Crippen LogP contribution is 2.29. The standard InChI is InChI=1S/C16H17FN2OS/c1-11-18-14(10-21-11)8-16(20)19(15-6-7-15)9-12-2-4-13(17)5-3-12/h2-5,10,15H,6-9H2,1H3. The van der Waals surface area contributed by atoms with Gasteiger partial charge in [0, 0.05) is 18.0 Å². The van der Waals surface area contributed by atoms with Gasteiger partial charge in [0.15, 0.2) is 0 Å². The fourth-order valence-corrected chi connectivity index (χ4v) is 2.95. The van der Waals surface area contributed by atoms with E-state index in [-0.39, 0.29) is 11.7 Å². The first-order valence-electron chi connectivity index (χ1n) is 7.07. The summed E-state index contributed by atoms with van der Waals surface area (Å²) in [6.07, 6.45) is 2.47. The lowest BCUT2D eigenvalue weighted by molar-refractivity contribution is -0.131. The highest BCUT2D eigenvalue weighted by molar-refractivity contribution is 7.09. The maximum Gasteiger partial charge on any atom is 0.229 e. The number of halogens is 1. The van der Waals surface area contributed by atoms with Crippen LogP contribution < -0.4 is 0 Å². The van der Waals surface area contributed by atoms with Crippen molar-refractivity contribution in [2.45, 2.75) is 38.8 Å². The summed E-state index contributed by atoms with van der Waals surface area (Å²) in [7, 11) is 0. The number of amides is 1. The summed E-state index contributed by atoms with van der Waals surface area (Å²) in [6, 6.07) is 6.70. The molecule has 1 aromatic carbocycles. The molecule has 1 heterocycles. The second-order valence-electron chi connectivity index (χ2n) is 5.41. The largest absolute Gasteiger partial charge is 0.335 e. The lowest BCUT2D eigenvalue weighted by Crippen LogP contribution is -2.33. The molecule has 21 heavy (non-hydrogen) atoms. The van der Waals surface area contributed by atoms with Crippen molar-refractivity contribution in [3.8, 4) is 0 Å². The van der Waals surface area contributed by atoms with Gasteiger partial charge in [-0.2, -0.15) is 0 Å². The quantitative estimate of drug-likeness (QED) is 0.849. The van der Waals surface area contributed by atoms with E-state index in [4.69, 9.17) is 0 Å². The summed E-state index contributed by atoms with van der Waals surface area (Å²) in [5.41, 5.74) is 1.80. The van der Waals surface area contributed by atoms with Crippen molar-refractivity contribution < 1.29 is 9.18 Å². The van der Waals surface area contributed by atoms with Crippen LogP contribution in [-0.4, -0.2) is 21.8 Å². The van der Waals surface area contributed by atoms with E-state index in [1.165, 1.54) is 12.1 Å². The molecule has 1 aromatic heterocycles. The van der Waals surface area contributed by atoms with E-state index >= 15 is 0 Å². The summed E-state index contributed by atoms with van der Waals surface area (Å²) in [5, 5.41) is 2.92. The number of hydrogen-bond acceptors (Lipinski definition) is 3. The molecule has 0 aliphatic heterocycles. The number of carbonyl (C=O) groups is 1. The highest BCUT2D eigenvalue weighted by atomic mass is 32.1. The second kappa shape index (κ2) is 5.93. The molecule has 2 aromatic rings. The van der Waals surface area contributed by atoms with Crippen molar-refractivity contribution in [1.29, 1.82) is 0 Å². The summed E-state index contributed by atoms with van der Waals surface area (Å²) in [4.78, 5) is 18.7. The third-order valence-corrected chi connectivity index (χ3v) is 4.40. The van der Waals surface area contributed by atoms with Crippen LogP contribution in [0.15, 0.2) is 29.6 Å². The van der Waals surface area contributed by atoms with Crippen LogP contribution in [0.25, 0.3) is 0 Å². The average Bonchev–Trinajstić information content (AvgIpc) is 3.21. The summed E-state index contributed by atoms with van der Waals surface area (Å²) >= 11 is 1.56. The van der Waals surface area contributed by atoms with E-state index < -0.39 is 0 Å². The van der Waals surface area contributed by atoms with Crippen LogP contribution >= 0.6 is 11.3 Å². The van der Waals surface area contributed by atoms with Crippen molar-refractivity contribution in [2.24, 2.45) is 0 Å². The minimum Gasteiger partial charge on any atom is -0.335 e. The van der Waals surface area contributed by atoms with Crippen molar-refractivity contribution in [3.63, 3.8) is 0 Å². The fourth-order valence-electron chi connectivity index (χ4n) is 2.34. The van der Waals surface area contributed by atoms with Gasteiger partial charge in [0.1, 0.15) is 5.82 Å². The normalized spacial score (nSPS) is 14.2. The minimum absolute atomic E-state index is 0.104. The Morgan fingerprint density at radius 2 is 2.10 bits per heavy atom. The van der Waals surface area contributed by atoms with Crippen LogP contribution in [0.2, 0.25) is 0 Å². The molecule has 0 N–H and O–H groups in total. The number of aromatic nitrogens is 1. The van der Waals surface area contributed by atoms with Gasteiger partial charge < -0.3 is 4.90 Å². The number of nitrogens with zero attached hydrogens (tertiary/aromatic N) is 2. The molecule has 1 aliphatic carbocycles. The van der Waals surface area contributed by atoms with Crippen molar-refractivity contribution in [2.75, 3.05) is 0 Å². The topological polar surface area (TPSA) is 33.2 Å². The van der Waals surface area contributed by atoms with E-state index in [2.05, 4.69) is 4.98 Å². The van der Waals surface area contributed by atoms with E-state index in [0.29, 0.717) is 19.0 Å². The molecule has 0 saturated heterocycles. The van der Waals surface area contributed by atoms with E-state index in [9.17, 15) is 9.18 Å². The Morgan fingerprint density at radius 3 is 2.67 bits per heavy atom. The zero-order valence-corrected chi connectivity index (χ0v) is 12.7. The van der Waals surface area contributed by atoms with Crippen molar-refractivity contribution >= 4 is 17.2 Å². The first kappa shape index (κ1) is 14.2. The molecule has 1 saturated carbocycles. The van der Waals surface area contributed by atoms with Crippen LogP contribution in [-0.2, 0) is 17.8 Å². The maximum absolute atomic E-state index is 13.0. The van der Waals surface area contributed by atoms with Gasteiger partial charge in [0.2, 0.25) is 5.91 Å². The first-order chi connectivity index (χ1) is 10.1. The SMILES string of the molecule is Cc1nc(CC(=O)N(Cc2ccc(F)cc2)C2CC2)cs1.